The topological polar surface area (TPSA) is 38.8 Å². The van der Waals surface area contributed by atoms with Gasteiger partial charge < -0.3 is 14.4 Å². The first-order chi connectivity index (χ1) is 7.26. The van der Waals surface area contributed by atoms with E-state index in [0.717, 1.165) is 0 Å². The fourth-order valence-electron chi connectivity index (χ4n) is 1.10. The molecule has 0 spiro atoms. The summed E-state index contributed by atoms with van der Waals surface area (Å²) >= 11 is 0. The van der Waals surface area contributed by atoms with E-state index >= 15 is 0 Å². The van der Waals surface area contributed by atoms with Crippen LogP contribution in [0.25, 0.3) is 0 Å². The number of hydrogen-bond acceptors (Lipinski definition) is 3. The van der Waals surface area contributed by atoms with Gasteiger partial charge in [-0.1, -0.05) is 6.58 Å². The van der Waals surface area contributed by atoms with Crippen LogP contribution in [0.3, 0.4) is 0 Å². The quantitative estimate of drug-likeness (QED) is 0.426. The van der Waals surface area contributed by atoms with Crippen molar-refractivity contribution in [2.45, 2.75) is 13.8 Å². The molecular formula is C11H21NO3. The summed E-state index contributed by atoms with van der Waals surface area (Å²) in [5.41, 5.74) is 0. The lowest BCUT2D eigenvalue weighted by atomic mass is 10.4. The van der Waals surface area contributed by atoms with E-state index in [1.165, 1.54) is 6.08 Å². The van der Waals surface area contributed by atoms with Crippen LogP contribution >= 0.6 is 0 Å². The molecule has 0 radical (unpaired) electrons. The maximum atomic E-state index is 11.4. The van der Waals surface area contributed by atoms with Gasteiger partial charge in [0.2, 0.25) is 5.91 Å². The second-order valence-electron chi connectivity index (χ2n) is 2.92. The molecular weight excluding hydrogens is 194 g/mol. The molecule has 0 heterocycles. The first-order valence-corrected chi connectivity index (χ1v) is 5.33. The third-order valence-electron chi connectivity index (χ3n) is 1.91. The van der Waals surface area contributed by atoms with Gasteiger partial charge >= 0.3 is 0 Å². The molecule has 0 aromatic heterocycles. The maximum Gasteiger partial charge on any atom is 0.246 e. The molecule has 0 saturated carbocycles. The maximum absolute atomic E-state index is 11.4. The van der Waals surface area contributed by atoms with Crippen molar-refractivity contribution in [3.63, 3.8) is 0 Å². The third kappa shape index (κ3) is 7.11. The molecule has 0 saturated heterocycles. The molecule has 4 nitrogen and oxygen atoms in total. The molecule has 0 fully saturated rings. The summed E-state index contributed by atoms with van der Waals surface area (Å²) in [7, 11) is 0. The molecule has 4 heteroatoms. The summed E-state index contributed by atoms with van der Waals surface area (Å²) in [4.78, 5) is 13.1. The average Bonchev–Trinajstić information content (AvgIpc) is 2.26. The largest absolute Gasteiger partial charge is 0.380 e. The monoisotopic (exact) mass is 215 g/mol. The van der Waals surface area contributed by atoms with E-state index in [9.17, 15) is 4.79 Å². The summed E-state index contributed by atoms with van der Waals surface area (Å²) in [6, 6.07) is 0. The van der Waals surface area contributed by atoms with Crippen molar-refractivity contribution < 1.29 is 14.3 Å². The van der Waals surface area contributed by atoms with E-state index in [-0.39, 0.29) is 5.91 Å². The number of amides is 1. The average molecular weight is 215 g/mol. The summed E-state index contributed by atoms with van der Waals surface area (Å²) in [5, 5.41) is 0. The van der Waals surface area contributed by atoms with Crippen LogP contribution in [0.5, 0.6) is 0 Å². The highest BCUT2D eigenvalue weighted by Crippen LogP contribution is 1.92. The summed E-state index contributed by atoms with van der Waals surface area (Å²) < 4.78 is 10.4. The smallest absolute Gasteiger partial charge is 0.246 e. The number of hydrogen-bond donors (Lipinski definition) is 0. The van der Waals surface area contributed by atoms with Crippen LogP contribution < -0.4 is 0 Å². The molecule has 1 amide bonds. The molecule has 0 aliphatic rings. The molecule has 0 aromatic rings. The zero-order valence-electron chi connectivity index (χ0n) is 9.70. The molecule has 0 aliphatic carbocycles. The van der Waals surface area contributed by atoms with Crippen molar-refractivity contribution in [2.24, 2.45) is 0 Å². The Balaban J connectivity index is 3.84. The van der Waals surface area contributed by atoms with E-state index < -0.39 is 0 Å². The Kier molecular flexibility index (Phi) is 9.11. The number of carbonyl (C=O) groups is 1. The first-order valence-electron chi connectivity index (χ1n) is 5.33. The highest BCUT2D eigenvalue weighted by Gasteiger charge is 2.08. The minimum absolute atomic E-state index is 0.0746. The predicted molar refractivity (Wildman–Crippen MR) is 59.8 cm³/mol. The number of ether oxygens (including phenoxy) is 2. The van der Waals surface area contributed by atoms with Crippen molar-refractivity contribution in [1.29, 1.82) is 0 Å². The molecule has 15 heavy (non-hydrogen) atoms. The zero-order chi connectivity index (χ0) is 11.5. The SMILES string of the molecule is C=CC(=O)N(CCOCC)CCOCC. The Morgan fingerprint density at radius 1 is 1.20 bits per heavy atom. The van der Waals surface area contributed by atoms with Gasteiger partial charge in [-0.25, -0.2) is 0 Å². The van der Waals surface area contributed by atoms with Gasteiger partial charge in [-0.3, -0.25) is 4.79 Å². The predicted octanol–water partition coefficient (Wildman–Crippen LogP) is 1.07. The summed E-state index contributed by atoms with van der Waals surface area (Å²) in [6.45, 7) is 11.0. The number of nitrogens with zero attached hydrogens (tertiary/aromatic N) is 1. The van der Waals surface area contributed by atoms with Crippen LogP contribution in [0, 0.1) is 0 Å². The lowest BCUT2D eigenvalue weighted by molar-refractivity contribution is -0.127. The van der Waals surface area contributed by atoms with E-state index in [2.05, 4.69) is 6.58 Å². The van der Waals surface area contributed by atoms with Gasteiger partial charge in [0, 0.05) is 26.3 Å². The van der Waals surface area contributed by atoms with Crippen LogP contribution in [0.15, 0.2) is 12.7 Å². The van der Waals surface area contributed by atoms with E-state index in [1.54, 1.807) is 4.90 Å². The van der Waals surface area contributed by atoms with Crippen molar-refractivity contribution in [3.8, 4) is 0 Å². The fraction of sp³-hybridized carbons (Fsp3) is 0.727. The Hall–Kier alpha value is -0.870. The van der Waals surface area contributed by atoms with Gasteiger partial charge in [-0.15, -0.1) is 0 Å². The molecule has 88 valence electrons. The second kappa shape index (κ2) is 9.68. The van der Waals surface area contributed by atoms with Gasteiger partial charge in [-0.05, 0) is 19.9 Å². The summed E-state index contributed by atoms with van der Waals surface area (Å²) in [5.74, 6) is -0.0746. The number of rotatable bonds is 9. The van der Waals surface area contributed by atoms with Crippen molar-refractivity contribution >= 4 is 5.91 Å². The van der Waals surface area contributed by atoms with E-state index in [4.69, 9.17) is 9.47 Å². The molecule has 0 aromatic carbocycles. The molecule has 0 unspecified atom stereocenters. The van der Waals surface area contributed by atoms with Crippen molar-refractivity contribution in [3.05, 3.63) is 12.7 Å². The number of carbonyl (C=O) groups excluding carboxylic acids is 1. The van der Waals surface area contributed by atoms with Crippen LogP contribution in [-0.2, 0) is 14.3 Å². The molecule has 0 rings (SSSR count). The molecule has 0 N–H and O–H groups in total. The lowest BCUT2D eigenvalue weighted by Gasteiger charge is -2.20. The van der Waals surface area contributed by atoms with Crippen LogP contribution in [0.1, 0.15) is 13.8 Å². The minimum Gasteiger partial charge on any atom is -0.380 e. The second-order valence-corrected chi connectivity index (χ2v) is 2.92. The fourth-order valence-corrected chi connectivity index (χ4v) is 1.10. The summed E-state index contributed by atoms with van der Waals surface area (Å²) in [6.07, 6.45) is 1.32. The van der Waals surface area contributed by atoms with Gasteiger partial charge in [0.1, 0.15) is 0 Å². The first kappa shape index (κ1) is 14.1. The molecule has 0 aliphatic heterocycles. The third-order valence-corrected chi connectivity index (χ3v) is 1.91. The lowest BCUT2D eigenvalue weighted by Crippen LogP contribution is -2.35. The van der Waals surface area contributed by atoms with Gasteiger partial charge in [-0.2, -0.15) is 0 Å². The Morgan fingerprint density at radius 2 is 1.67 bits per heavy atom. The normalized spacial score (nSPS) is 10.0. The minimum atomic E-state index is -0.0746. The van der Waals surface area contributed by atoms with Crippen molar-refractivity contribution in [1.82, 2.24) is 4.90 Å². The Bertz CT molecular complexity index is 173. The van der Waals surface area contributed by atoms with Gasteiger partial charge in [0.05, 0.1) is 13.2 Å². The van der Waals surface area contributed by atoms with E-state index in [1.807, 2.05) is 13.8 Å². The Morgan fingerprint density at radius 3 is 2.00 bits per heavy atom. The van der Waals surface area contributed by atoms with Gasteiger partial charge in [0.25, 0.3) is 0 Å². The van der Waals surface area contributed by atoms with Gasteiger partial charge in [0.15, 0.2) is 0 Å². The van der Waals surface area contributed by atoms with Crippen molar-refractivity contribution in [2.75, 3.05) is 39.5 Å². The standard InChI is InChI=1S/C11H21NO3/c1-4-11(13)12(7-9-14-5-2)8-10-15-6-3/h4H,1,5-10H2,2-3H3. The highest BCUT2D eigenvalue weighted by atomic mass is 16.5. The van der Waals surface area contributed by atoms with Crippen LogP contribution in [0.4, 0.5) is 0 Å². The Labute approximate surface area is 91.8 Å². The van der Waals surface area contributed by atoms with Crippen LogP contribution in [0.2, 0.25) is 0 Å². The zero-order valence-corrected chi connectivity index (χ0v) is 9.70. The van der Waals surface area contributed by atoms with Crippen LogP contribution in [-0.4, -0.2) is 50.3 Å². The van der Waals surface area contributed by atoms with E-state index in [0.29, 0.717) is 39.5 Å². The molecule has 0 atom stereocenters. The molecule has 0 bridgehead atoms. The highest BCUT2D eigenvalue weighted by molar-refractivity contribution is 5.86.